The van der Waals surface area contributed by atoms with Gasteiger partial charge in [0.15, 0.2) is 0 Å². The van der Waals surface area contributed by atoms with Crippen LogP contribution in [0.1, 0.15) is 33.9 Å². The van der Waals surface area contributed by atoms with Gasteiger partial charge in [-0.1, -0.05) is 13.8 Å². The van der Waals surface area contributed by atoms with Crippen molar-refractivity contribution in [1.82, 2.24) is 16.2 Å². The van der Waals surface area contributed by atoms with Gasteiger partial charge in [0.2, 0.25) is 0 Å². The first-order valence-electron chi connectivity index (χ1n) is 7.70. The average Bonchev–Trinajstić information content (AvgIpc) is 3.04. The topological polar surface area (TPSA) is 87.3 Å². The first-order chi connectivity index (χ1) is 12.3. The fourth-order valence-corrected chi connectivity index (χ4v) is 3.34. The normalized spacial score (nSPS) is 11.7. The van der Waals surface area contributed by atoms with Crippen LogP contribution in [0.5, 0.6) is 0 Å². The summed E-state index contributed by atoms with van der Waals surface area (Å²) < 4.78 is 13.7. The van der Waals surface area contributed by atoms with E-state index in [4.69, 9.17) is 0 Å². The highest BCUT2D eigenvalue weighted by molar-refractivity contribution is 9.11. The number of carbonyl (C=O) groups is 3. The fourth-order valence-electron chi connectivity index (χ4n) is 2.05. The lowest BCUT2D eigenvalue weighted by atomic mass is 10.0. The molecule has 0 spiro atoms. The molecule has 0 saturated heterocycles. The molecule has 0 radical (unpaired) electrons. The number of hydrogen-bond acceptors (Lipinski definition) is 4. The molecular formula is C17H17BrFN3O3S. The Morgan fingerprint density at radius 2 is 1.65 bits per heavy atom. The molecule has 1 aromatic heterocycles. The Morgan fingerprint density at radius 3 is 2.19 bits per heavy atom. The second kappa shape index (κ2) is 8.91. The van der Waals surface area contributed by atoms with E-state index in [0.29, 0.717) is 4.88 Å². The van der Waals surface area contributed by atoms with E-state index in [2.05, 4.69) is 32.1 Å². The number of benzene rings is 1. The third-order valence-corrected chi connectivity index (χ3v) is 5.06. The molecule has 0 fully saturated rings. The van der Waals surface area contributed by atoms with Gasteiger partial charge in [-0.2, -0.15) is 0 Å². The summed E-state index contributed by atoms with van der Waals surface area (Å²) in [6.07, 6.45) is 0. The zero-order chi connectivity index (χ0) is 19.3. The molecular weight excluding hydrogens is 425 g/mol. The van der Waals surface area contributed by atoms with Crippen LogP contribution in [0.4, 0.5) is 4.39 Å². The first-order valence-corrected chi connectivity index (χ1v) is 9.31. The lowest BCUT2D eigenvalue weighted by Crippen LogP contribution is -2.54. The zero-order valence-corrected chi connectivity index (χ0v) is 16.4. The van der Waals surface area contributed by atoms with Crippen LogP contribution in [-0.2, 0) is 4.79 Å². The molecule has 3 amide bonds. The Morgan fingerprint density at radius 1 is 1.00 bits per heavy atom. The maximum Gasteiger partial charge on any atom is 0.279 e. The number of hydrogen-bond donors (Lipinski definition) is 3. The van der Waals surface area contributed by atoms with Gasteiger partial charge in [-0.25, -0.2) is 4.39 Å². The minimum Gasteiger partial charge on any atom is -0.340 e. The van der Waals surface area contributed by atoms with Crippen molar-refractivity contribution in [2.45, 2.75) is 19.9 Å². The summed E-state index contributed by atoms with van der Waals surface area (Å²) in [6, 6.07) is 7.46. The summed E-state index contributed by atoms with van der Waals surface area (Å²) in [7, 11) is 0. The molecule has 0 aliphatic heterocycles. The van der Waals surface area contributed by atoms with E-state index in [1.165, 1.54) is 35.6 Å². The van der Waals surface area contributed by atoms with Crippen molar-refractivity contribution in [2.24, 2.45) is 5.92 Å². The summed E-state index contributed by atoms with van der Waals surface area (Å²) in [4.78, 5) is 37.0. The predicted octanol–water partition coefficient (Wildman–Crippen LogP) is 2.87. The van der Waals surface area contributed by atoms with Crippen molar-refractivity contribution in [3.8, 4) is 0 Å². The molecule has 0 aliphatic rings. The molecule has 1 aromatic carbocycles. The lowest BCUT2D eigenvalue weighted by molar-refractivity contribution is -0.124. The molecule has 138 valence electrons. The lowest BCUT2D eigenvalue weighted by Gasteiger charge is -2.21. The molecule has 1 heterocycles. The number of thiophene rings is 1. The molecule has 6 nitrogen and oxygen atoms in total. The number of hydrazine groups is 1. The third-order valence-electron chi connectivity index (χ3n) is 3.44. The molecule has 9 heteroatoms. The van der Waals surface area contributed by atoms with E-state index in [0.717, 1.165) is 3.79 Å². The zero-order valence-electron chi connectivity index (χ0n) is 14.0. The molecule has 0 aliphatic carbocycles. The summed E-state index contributed by atoms with van der Waals surface area (Å²) in [5.41, 5.74) is 4.87. The molecule has 2 rings (SSSR count). The Kier molecular flexibility index (Phi) is 6.87. The Hall–Kier alpha value is -2.26. The van der Waals surface area contributed by atoms with E-state index < -0.39 is 29.6 Å². The number of carbonyl (C=O) groups excluding carboxylic acids is 3. The smallest absolute Gasteiger partial charge is 0.279 e. The van der Waals surface area contributed by atoms with Gasteiger partial charge in [-0.15, -0.1) is 11.3 Å². The molecule has 0 saturated carbocycles. The van der Waals surface area contributed by atoms with Gasteiger partial charge in [-0.05, 0) is 58.2 Å². The highest BCUT2D eigenvalue weighted by atomic mass is 79.9. The number of halogens is 2. The van der Waals surface area contributed by atoms with Crippen LogP contribution in [0, 0.1) is 11.7 Å². The van der Waals surface area contributed by atoms with E-state index in [9.17, 15) is 18.8 Å². The van der Waals surface area contributed by atoms with Crippen LogP contribution >= 0.6 is 27.3 Å². The Labute approximate surface area is 162 Å². The average molecular weight is 442 g/mol. The van der Waals surface area contributed by atoms with Gasteiger partial charge in [0.25, 0.3) is 17.7 Å². The molecule has 0 bridgehead atoms. The van der Waals surface area contributed by atoms with E-state index >= 15 is 0 Å². The summed E-state index contributed by atoms with van der Waals surface area (Å²) in [6.45, 7) is 3.51. The summed E-state index contributed by atoms with van der Waals surface area (Å²) in [5.74, 6) is -2.21. The monoisotopic (exact) mass is 441 g/mol. The Balaban J connectivity index is 1.97. The van der Waals surface area contributed by atoms with Crippen LogP contribution in [-0.4, -0.2) is 23.8 Å². The molecule has 2 aromatic rings. The van der Waals surface area contributed by atoms with Crippen LogP contribution in [0.15, 0.2) is 40.2 Å². The summed E-state index contributed by atoms with van der Waals surface area (Å²) in [5, 5.41) is 2.59. The minimum absolute atomic E-state index is 0.229. The largest absolute Gasteiger partial charge is 0.340 e. The van der Waals surface area contributed by atoms with Gasteiger partial charge in [0.05, 0.1) is 8.66 Å². The quantitative estimate of drug-likeness (QED) is 0.623. The summed E-state index contributed by atoms with van der Waals surface area (Å²) >= 11 is 4.48. The second-order valence-corrected chi connectivity index (χ2v) is 8.21. The van der Waals surface area contributed by atoms with Crippen LogP contribution in [0.25, 0.3) is 0 Å². The van der Waals surface area contributed by atoms with Gasteiger partial charge in [0, 0.05) is 5.56 Å². The predicted molar refractivity (Wildman–Crippen MR) is 100 cm³/mol. The third kappa shape index (κ3) is 5.37. The molecule has 1 atom stereocenters. The SMILES string of the molecule is CC(C)C(NC(=O)c1ccc(F)cc1)C(=O)NNC(=O)c1ccc(Br)s1. The van der Waals surface area contributed by atoms with Crippen molar-refractivity contribution < 1.29 is 18.8 Å². The molecule has 3 N–H and O–H groups in total. The second-order valence-electron chi connectivity index (χ2n) is 5.75. The molecule has 26 heavy (non-hydrogen) atoms. The number of nitrogens with one attached hydrogen (secondary N) is 3. The van der Waals surface area contributed by atoms with Gasteiger partial charge in [-0.3, -0.25) is 25.2 Å². The van der Waals surface area contributed by atoms with Crippen LogP contribution < -0.4 is 16.2 Å². The fraction of sp³-hybridized carbons (Fsp3) is 0.235. The maximum absolute atomic E-state index is 12.9. The number of rotatable bonds is 5. The van der Waals surface area contributed by atoms with Crippen molar-refractivity contribution in [1.29, 1.82) is 0 Å². The van der Waals surface area contributed by atoms with E-state index in [1.807, 2.05) is 0 Å². The van der Waals surface area contributed by atoms with Crippen molar-refractivity contribution in [2.75, 3.05) is 0 Å². The number of amides is 3. The maximum atomic E-state index is 12.9. The standard InChI is InChI=1S/C17H17BrFN3O3S/c1-9(2)14(20-15(23)10-3-5-11(19)6-4-10)17(25)22-21-16(24)12-7-8-13(18)26-12/h3-9,14H,1-2H3,(H,20,23)(H,21,24)(H,22,25). The van der Waals surface area contributed by atoms with Crippen molar-refractivity contribution in [3.05, 3.63) is 56.4 Å². The van der Waals surface area contributed by atoms with Crippen LogP contribution in [0.3, 0.4) is 0 Å². The van der Waals surface area contributed by atoms with Gasteiger partial charge in [0.1, 0.15) is 11.9 Å². The minimum atomic E-state index is -0.872. The van der Waals surface area contributed by atoms with E-state index in [1.54, 1.807) is 26.0 Å². The van der Waals surface area contributed by atoms with Crippen molar-refractivity contribution in [3.63, 3.8) is 0 Å². The van der Waals surface area contributed by atoms with Gasteiger partial charge >= 0.3 is 0 Å². The molecule has 1 unspecified atom stereocenters. The highest BCUT2D eigenvalue weighted by Gasteiger charge is 2.25. The Bertz CT molecular complexity index is 808. The highest BCUT2D eigenvalue weighted by Crippen LogP contribution is 2.21. The van der Waals surface area contributed by atoms with Crippen molar-refractivity contribution >= 4 is 45.0 Å². The van der Waals surface area contributed by atoms with E-state index in [-0.39, 0.29) is 11.5 Å². The van der Waals surface area contributed by atoms with Gasteiger partial charge < -0.3 is 5.32 Å². The van der Waals surface area contributed by atoms with Crippen LogP contribution in [0.2, 0.25) is 0 Å². The first kappa shape index (κ1) is 20.1.